The van der Waals surface area contributed by atoms with Gasteiger partial charge in [-0.3, -0.25) is 18.6 Å². The Hall–Kier alpha value is -3.08. The molecule has 0 rings (SSSR count). The second-order valence-corrected chi connectivity index (χ2v) is 16.7. The lowest BCUT2D eigenvalue weighted by Gasteiger charge is -2.18. The van der Waals surface area contributed by atoms with E-state index in [0.717, 1.165) is 57.8 Å². The number of hydrogen-bond donors (Lipinski definition) is 4. The van der Waals surface area contributed by atoms with E-state index in [4.69, 9.17) is 13.8 Å². The molecule has 0 aromatic rings. The van der Waals surface area contributed by atoms with Gasteiger partial charge in [-0.2, -0.15) is 0 Å². The smallest absolute Gasteiger partial charge is 0.472 e. The summed E-state index contributed by atoms with van der Waals surface area (Å²) in [5.74, 6) is -2.47. The van der Waals surface area contributed by atoms with Crippen LogP contribution in [-0.4, -0.2) is 64.9 Å². The zero-order valence-electron chi connectivity index (χ0n) is 37.2. The number of carbonyl (C=O) groups excluding carboxylic acids is 2. The van der Waals surface area contributed by atoms with Crippen LogP contribution >= 0.6 is 7.82 Å². The van der Waals surface area contributed by atoms with Crippen molar-refractivity contribution in [1.29, 1.82) is 0 Å². The van der Waals surface area contributed by atoms with Gasteiger partial charge in [0.05, 0.1) is 13.2 Å². The molecular weight excluding hydrogens is 781 g/mol. The van der Waals surface area contributed by atoms with E-state index >= 15 is 0 Å². The second kappa shape index (κ2) is 42.6. The van der Waals surface area contributed by atoms with E-state index in [0.29, 0.717) is 12.8 Å². The number of amides is 1. The first-order valence-corrected chi connectivity index (χ1v) is 24.5. The summed E-state index contributed by atoms with van der Waals surface area (Å²) in [6, 6.07) is -1.56. The molecule has 0 aromatic heterocycles. The predicted octanol–water partition coefficient (Wildman–Crippen LogP) is 12.1. The number of nitrogens with one attached hydrogen (secondary N) is 1. The first-order valence-electron chi connectivity index (χ1n) is 23.0. The topological polar surface area (TPSA) is 169 Å². The fourth-order valence-electron chi connectivity index (χ4n) is 5.99. The quantitative estimate of drug-likeness (QED) is 0.0201. The Bertz CT molecular complexity index is 1290. The Morgan fingerprint density at radius 3 is 1.38 bits per heavy atom. The molecule has 0 fully saturated rings. The van der Waals surface area contributed by atoms with Crippen molar-refractivity contribution in [2.24, 2.45) is 0 Å². The van der Waals surface area contributed by atoms with Gasteiger partial charge >= 0.3 is 19.8 Å². The molecule has 1 amide bonds. The minimum absolute atomic E-state index is 0.0964. The summed E-state index contributed by atoms with van der Waals surface area (Å²) in [6.07, 6.45) is 50.8. The van der Waals surface area contributed by atoms with Gasteiger partial charge in [-0.25, -0.2) is 9.36 Å². The Balaban J connectivity index is 3.98. The average molecular weight is 864 g/mol. The molecule has 0 saturated carbocycles. The van der Waals surface area contributed by atoms with Crippen LogP contribution in [0, 0.1) is 0 Å². The molecule has 3 atom stereocenters. The standard InChI is InChI=1S/C48H82NO10P/c1-3-5-7-9-11-13-15-17-19-21-22-24-26-28-30-32-34-36-38-40-47(52)57-41-44(50)42-58-60(55,56)59-43-45(48(53)54)49-46(51)39-37-35-33-31-29-27-25-23-20-18-16-14-12-10-8-6-4-2/h5,7,11,13,17,19,22,24,28,30,34,36,44-45,50H,3-4,6,8-10,12,14-16,18,20-21,23,25-27,29,31-33,35,37-43H2,1-2H3,(H,49,51)(H,53,54)(H,55,56)/b7-5-,13-11-,19-17-,24-22-,30-28-,36-34-. The molecular formula is C48H82NO10P. The number of hydrogen-bond acceptors (Lipinski definition) is 8. The Kier molecular flexibility index (Phi) is 40.4. The second-order valence-electron chi connectivity index (χ2n) is 15.2. The highest BCUT2D eigenvalue weighted by atomic mass is 31.2. The van der Waals surface area contributed by atoms with Crippen molar-refractivity contribution in [3.8, 4) is 0 Å². The molecule has 11 nitrogen and oxygen atoms in total. The van der Waals surface area contributed by atoms with Crippen molar-refractivity contribution < 1.29 is 47.8 Å². The number of carboxylic acid groups (broad SMARTS) is 1. The van der Waals surface area contributed by atoms with Crippen LogP contribution in [0.1, 0.15) is 181 Å². The molecule has 12 heteroatoms. The number of unbranched alkanes of at least 4 members (excludes halogenated alkanes) is 16. The van der Waals surface area contributed by atoms with E-state index in [-0.39, 0.29) is 12.8 Å². The van der Waals surface area contributed by atoms with Crippen LogP contribution in [0.25, 0.3) is 0 Å². The Morgan fingerprint density at radius 2 is 0.950 bits per heavy atom. The van der Waals surface area contributed by atoms with Gasteiger partial charge in [0.2, 0.25) is 5.91 Å². The number of aliphatic hydroxyl groups is 1. The lowest BCUT2D eigenvalue weighted by Crippen LogP contribution is -2.43. The van der Waals surface area contributed by atoms with Crippen LogP contribution in [0.15, 0.2) is 72.9 Å². The van der Waals surface area contributed by atoms with Gasteiger partial charge in [0.25, 0.3) is 0 Å². The molecule has 0 radical (unpaired) electrons. The maximum Gasteiger partial charge on any atom is 0.472 e. The number of rotatable bonds is 42. The van der Waals surface area contributed by atoms with Crippen LogP contribution in [0.5, 0.6) is 0 Å². The Morgan fingerprint density at radius 1 is 0.550 bits per heavy atom. The molecule has 0 aliphatic heterocycles. The van der Waals surface area contributed by atoms with Crippen molar-refractivity contribution in [3.05, 3.63) is 72.9 Å². The third-order valence-electron chi connectivity index (χ3n) is 9.52. The number of carbonyl (C=O) groups is 3. The van der Waals surface area contributed by atoms with E-state index in [9.17, 15) is 34.1 Å². The molecule has 344 valence electrons. The van der Waals surface area contributed by atoms with Crippen molar-refractivity contribution in [2.45, 2.75) is 193 Å². The number of ether oxygens (including phenoxy) is 1. The molecule has 3 unspecified atom stereocenters. The van der Waals surface area contributed by atoms with Crippen molar-refractivity contribution in [2.75, 3.05) is 19.8 Å². The van der Waals surface area contributed by atoms with E-state index in [1.165, 1.54) is 83.5 Å². The number of esters is 1. The van der Waals surface area contributed by atoms with Crippen molar-refractivity contribution in [3.63, 3.8) is 0 Å². The van der Waals surface area contributed by atoms with Crippen molar-refractivity contribution in [1.82, 2.24) is 5.32 Å². The summed E-state index contributed by atoms with van der Waals surface area (Å²) in [5, 5.41) is 21.8. The van der Waals surface area contributed by atoms with Gasteiger partial charge in [-0.15, -0.1) is 0 Å². The van der Waals surface area contributed by atoms with E-state index in [1.807, 2.05) is 18.2 Å². The van der Waals surface area contributed by atoms with Gasteiger partial charge in [0, 0.05) is 12.8 Å². The predicted molar refractivity (Wildman–Crippen MR) is 244 cm³/mol. The third-order valence-corrected chi connectivity index (χ3v) is 10.5. The lowest BCUT2D eigenvalue weighted by molar-refractivity contribution is -0.147. The number of aliphatic carboxylic acids is 1. The largest absolute Gasteiger partial charge is 0.480 e. The highest BCUT2D eigenvalue weighted by Gasteiger charge is 2.28. The summed E-state index contributed by atoms with van der Waals surface area (Å²) >= 11 is 0. The fraction of sp³-hybridized carbons (Fsp3) is 0.688. The minimum atomic E-state index is -4.78. The highest BCUT2D eigenvalue weighted by molar-refractivity contribution is 7.47. The van der Waals surface area contributed by atoms with Gasteiger partial charge < -0.3 is 25.2 Å². The average Bonchev–Trinajstić information content (AvgIpc) is 3.22. The molecule has 0 aliphatic carbocycles. The molecule has 60 heavy (non-hydrogen) atoms. The highest BCUT2D eigenvalue weighted by Crippen LogP contribution is 2.43. The lowest BCUT2D eigenvalue weighted by atomic mass is 10.0. The Labute approximate surface area is 363 Å². The molecule has 0 heterocycles. The molecule has 0 aromatic carbocycles. The minimum Gasteiger partial charge on any atom is -0.480 e. The van der Waals surface area contributed by atoms with Crippen LogP contribution in [-0.2, 0) is 32.7 Å². The van der Waals surface area contributed by atoms with Gasteiger partial charge in [0.1, 0.15) is 12.7 Å². The van der Waals surface area contributed by atoms with E-state index < -0.39 is 57.6 Å². The van der Waals surface area contributed by atoms with Gasteiger partial charge in [0.15, 0.2) is 6.04 Å². The molecule has 0 saturated heterocycles. The summed E-state index contributed by atoms with van der Waals surface area (Å²) in [4.78, 5) is 45.9. The van der Waals surface area contributed by atoms with Gasteiger partial charge in [-0.05, 0) is 51.4 Å². The van der Waals surface area contributed by atoms with E-state index in [1.54, 1.807) is 0 Å². The molecule has 0 spiro atoms. The monoisotopic (exact) mass is 864 g/mol. The van der Waals surface area contributed by atoms with Crippen LogP contribution in [0.2, 0.25) is 0 Å². The molecule has 0 aliphatic rings. The van der Waals surface area contributed by atoms with Crippen molar-refractivity contribution >= 4 is 25.7 Å². The summed E-state index contributed by atoms with van der Waals surface area (Å²) < 4.78 is 26.8. The number of phosphoric acid groups is 1. The summed E-state index contributed by atoms with van der Waals surface area (Å²) in [5.41, 5.74) is 0. The summed E-state index contributed by atoms with van der Waals surface area (Å²) in [6.45, 7) is 2.41. The normalized spacial score (nSPS) is 14.3. The number of aliphatic hydroxyl groups excluding tert-OH is 1. The van der Waals surface area contributed by atoms with Crippen LogP contribution in [0.3, 0.4) is 0 Å². The number of allylic oxidation sites excluding steroid dienone is 12. The van der Waals surface area contributed by atoms with E-state index in [2.05, 4.69) is 73.8 Å². The maximum absolute atomic E-state index is 12.3. The SMILES string of the molecule is CC/C=C\C/C=C\C/C=C\C/C=C\C/C=C\C/C=C\CCC(=O)OCC(O)COP(=O)(O)OCC(NC(=O)CCCCCCCCCCCCCCCCCCC)C(=O)O. The zero-order chi connectivity index (χ0) is 44.2. The fourth-order valence-corrected chi connectivity index (χ4v) is 6.76. The van der Waals surface area contributed by atoms with Gasteiger partial charge in [-0.1, -0.05) is 189 Å². The van der Waals surface area contributed by atoms with Crippen LogP contribution in [0.4, 0.5) is 0 Å². The number of carboxylic acids is 1. The first-order chi connectivity index (χ1) is 29.1. The molecule has 4 N–H and O–H groups in total. The third kappa shape index (κ3) is 41.6. The zero-order valence-corrected chi connectivity index (χ0v) is 38.1. The number of phosphoric ester groups is 1. The summed E-state index contributed by atoms with van der Waals surface area (Å²) in [7, 11) is -4.78. The molecule has 0 bridgehead atoms. The first kappa shape index (κ1) is 56.9. The van der Waals surface area contributed by atoms with Crippen LogP contribution < -0.4 is 5.32 Å². The maximum atomic E-state index is 12.3.